The molecule has 1 atom stereocenters. The van der Waals surface area contributed by atoms with Gasteiger partial charge < -0.3 is 10.6 Å². The fourth-order valence-electron chi connectivity index (χ4n) is 2.71. The molecule has 1 aliphatic heterocycles. The van der Waals surface area contributed by atoms with Crippen molar-refractivity contribution in [3.63, 3.8) is 0 Å². The van der Waals surface area contributed by atoms with E-state index in [1.807, 2.05) is 0 Å². The molecule has 0 aromatic carbocycles. The molecule has 0 saturated carbocycles. The van der Waals surface area contributed by atoms with E-state index >= 15 is 0 Å². The van der Waals surface area contributed by atoms with Crippen LogP contribution in [0.3, 0.4) is 0 Å². The minimum Gasteiger partial charge on any atom is -0.339 e. The molecule has 0 spiro atoms. The third kappa shape index (κ3) is 1.57. The summed E-state index contributed by atoms with van der Waals surface area (Å²) in [7, 11) is 0. The Morgan fingerprint density at radius 1 is 1.31 bits per heavy atom. The van der Waals surface area contributed by atoms with Crippen molar-refractivity contribution in [2.45, 2.75) is 38.6 Å². The van der Waals surface area contributed by atoms with Crippen molar-refractivity contribution in [2.75, 3.05) is 18.0 Å². The minimum absolute atomic E-state index is 0.289. The maximum atomic E-state index is 5.92. The SMILES string of the molecule is Cc1nc(N2CCC(N)C2)nc2c1CCC2. The highest BCUT2D eigenvalue weighted by atomic mass is 15.3. The van der Waals surface area contributed by atoms with E-state index in [2.05, 4.69) is 21.8 Å². The molecule has 1 fully saturated rings. The van der Waals surface area contributed by atoms with Crippen molar-refractivity contribution in [3.8, 4) is 0 Å². The van der Waals surface area contributed by atoms with Gasteiger partial charge in [-0.3, -0.25) is 0 Å². The number of nitrogens with two attached hydrogens (primary N) is 1. The molecule has 0 bridgehead atoms. The van der Waals surface area contributed by atoms with Gasteiger partial charge in [0.1, 0.15) is 0 Å². The van der Waals surface area contributed by atoms with Crippen LogP contribution in [0.5, 0.6) is 0 Å². The van der Waals surface area contributed by atoms with Gasteiger partial charge in [0.05, 0.1) is 0 Å². The number of hydrogen-bond donors (Lipinski definition) is 1. The molecular weight excluding hydrogens is 200 g/mol. The van der Waals surface area contributed by atoms with Crippen LogP contribution in [0.4, 0.5) is 5.95 Å². The van der Waals surface area contributed by atoms with Crippen LogP contribution in [-0.4, -0.2) is 29.1 Å². The lowest BCUT2D eigenvalue weighted by Crippen LogP contribution is -2.28. The largest absolute Gasteiger partial charge is 0.339 e. The number of anilines is 1. The molecule has 4 heteroatoms. The normalized spacial score (nSPS) is 23.9. The summed E-state index contributed by atoms with van der Waals surface area (Å²) in [5.74, 6) is 0.895. The van der Waals surface area contributed by atoms with Gasteiger partial charge >= 0.3 is 0 Å². The zero-order valence-corrected chi connectivity index (χ0v) is 9.74. The monoisotopic (exact) mass is 218 g/mol. The molecule has 2 aliphatic rings. The maximum Gasteiger partial charge on any atom is 0.225 e. The molecule has 1 saturated heterocycles. The first-order valence-corrected chi connectivity index (χ1v) is 6.11. The Hall–Kier alpha value is -1.16. The van der Waals surface area contributed by atoms with Crippen LogP contribution in [0, 0.1) is 6.92 Å². The summed E-state index contributed by atoms with van der Waals surface area (Å²) < 4.78 is 0. The fourth-order valence-corrected chi connectivity index (χ4v) is 2.71. The number of aromatic nitrogens is 2. The molecule has 2 heterocycles. The second kappa shape index (κ2) is 3.70. The third-order valence-electron chi connectivity index (χ3n) is 3.64. The first-order valence-electron chi connectivity index (χ1n) is 6.11. The van der Waals surface area contributed by atoms with Gasteiger partial charge in [0.25, 0.3) is 0 Å². The quantitative estimate of drug-likeness (QED) is 0.758. The van der Waals surface area contributed by atoms with E-state index in [1.165, 1.54) is 17.7 Å². The number of nitrogens with zero attached hydrogens (tertiary/aromatic N) is 3. The van der Waals surface area contributed by atoms with E-state index in [9.17, 15) is 0 Å². The first kappa shape index (κ1) is 10.0. The highest BCUT2D eigenvalue weighted by molar-refractivity contribution is 5.40. The fraction of sp³-hybridized carbons (Fsp3) is 0.667. The van der Waals surface area contributed by atoms with E-state index < -0.39 is 0 Å². The highest BCUT2D eigenvalue weighted by Crippen LogP contribution is 2.25. The van der Waals surface area contributed by atoms with Crippen LogP contribution < -0.4 is 10.6 Å². The molecule has 1 aromatic rings. The van der Waals surface area contributed by atoms with Gasteiger partial charge in [-0.2, -0.15) is 0 Å². The van der Waals surface area contributed by atoms with E-state index in [0.717, 1.165) is 44.0 Å². The Balaban J connectivity index is 1.94. The van der Waals surface area contributed by atoms with Crippen molar-refractivity contribution in [1.82, 2.24) is 9.97 Å². The first-order chi connectivity index (χ1) is 7.74. The predicted octanol–water partition coefficient (Wildman–Crippen LogP) is 0.811. The molecule has 0 radical (unpaired) electrons. The summed E-state index contributed by atoms with van der Waals surface area (Å²) in [4.78, 5) is 11.5. The van der Waals surface area contributed by atoms with Crippen LogP contribution in [0.2, 0.25) is 0 Å². The Morgan fingerprint density at radius 3 is 2.94 bits per heavy atom. The minimum atomic E-state index is 0.289. The van der Waals surface area contributed by atoms with Crippen molar-refractivity contribution < 1.29 is 0 Å². The van der Waals surface area contributed by atoms with Gasteiger partial charge in [-0.25, -0.2) is 9.97 Å². The van der Waals surface area contributed by atoms with Gasteiger partial charge in [0, 0.05) is 30.5 Å². The Labute approximate surface area is 95.9 Å². The molecule has 1 aromatic heterocycles. The second-order valence-corrected chi connectivity index (χ2v) is 4.88. The summed E-state index contributed by atoms with van der Waals surface area (Å²) in [6.07, 6.45) is 4.56. The summed E-state index contributed by atoms with van der Waals surface area (Å²) in [6.45, 7) is 4.00. The number of aryl methyl sites for hydroxylation is 2. The lowest BCUT2D eigenvalue weighted by molar-refractivity contribution is 0.749. The zero-order chi connectivity index (χ0) is 11.1. The molecule has 0 amide bonds. The van der Waals surface area contributed by atoms with Gasteiger partial charge in [0.15, 0.2) is 0 Å². The summed E-state index contributed by atoms with van der Waals surface area (Å²) in [6, 6.07) is 0.289. The molecule has 2 N–H and O–H groups in total. The van der Waals surface area contributed by atoms with Crippen molar-refractivity contribution in [1.29, 1.82) is 0 Å². The average molecular weight is 218 g/mol. The van der Waals surface area contributed by atoms with Gasteiger partial charge in [-0.1, -0.05) is 0 Å². The molecule has 16 heavy (non-hydrogen) atoms. The molecule has 86 valence electrons. The number of rotatable bonds is 1. The van der Waals surface area contributed by atoms with E-state index in [4.69, 9.17) is 5.73 Å². The Kier molecular flexibility index (Phi) is 2.32. The van der Waals surface area contributed by atoms with Gasteiger partial charge in [0.2, 0.25) is 5.95 Å². The summed E-state index contributed by atoms with van der Waals surface area (Å²) in [5.41, 5.74) is 9.73. The maximum absolute atomic E-state index is 5.92. The standard InChI is InChI=1S/C12H18N4/c1-8-10-3-2-4-11(10)15-12(14-8)16-6-5-9(13)7-16/h9H,2-7,13H2,1H3. The third-order valence-corrected chi connectivity index (χ3v) is 3.64. The predicted molar refractivity (Wildman–Crippen MR) is 63.6 cm³/mol. The van der Waals surface area contributed by atoms with Crippen molar-refractivity contribution >= 4 is 5.95 Å². The van der Waals surface area contributed by atoms with Crippen molar-refractivity contribution in [3.05, 3.63) is 17.0 Å². The topological polar surface area (TPSA) is 55.0 Å². The Bertz CT molecular complexity index is 416. The van der Waals surface area contributed by atoms with Crippen LogP contribution in [0.15, 0.2) is 0 Å². The number of hydrogen-bond acceptors (Lipinski definition) is 4. The molecule has 1 aliphatic carbocycles. The number of fused-ring (bicyclic) bond motifs is 1. The van der Waals surface area contributed by atoms with Crippen molar-refractivity contribution in [2.24, 2.45) is 5.73 Å². The molecule has 1 unspecified atom stereocenters. The molecular formula is C12H18N4. The van der Waals surface area contributed by atoms with Gasteiger partial charge in [-0.05, 0) is 38.2 Å². The second-order valence-electron chi connectivity index (χ2n) is 4.88. The average Bonchev–Trinajstić information content (AvgIpc) is 2.85. The molecule has 4 nitrogen and oxygen atoms in total. The van der Waals surface area contributed by atoms with E-state index in [-0.39, 0.29) is 6.04 Å². The lowest BCUT2D eigenvalue weighted by atomic mass is 10.2. The molecule has 3 rings (SSSR count). The smallest absolute Gasteiger partial charge is 0.225 e. The van der Waals surface area contributed by atoms with Crippen LogP contribution in [0.25, 0.3) is 0 Å². The van der Waals surface area contributed by atoms with E-state index in [1.54, 1.807) is 0 Å². The summed E-state index contributed by atoms with van der Waals surface area (Å²) >= 11 is 0. The Morgan fingerprint density at radius 2 is 2.19 bits per heavy atom. The van der Waals surface area contributed by atoms with Crippen LogP contribution >= 0.6 is 0 Å². The van der Waals surface area contributed by atoms with Crippen LogP contribution in [0.1, 0.15) is 29.8 Å². The van der Waals surface area contributed by atoms with Crippen LogP contribution in [-0.2, 0) is 12.8 Å². The summed E-state index contributed by atoms with van der Waals surface area (Å²) in [5, 5.41) is 0. The highest BCUT2D eigenvalue weighted by Gasteiger charge is 2.24. The van der Waals surface area contributed by atoms with Gasteiger partial charge in [-0.15, -0.1) is 0 Å². The lowest BCUT2D eigenvalue weighted by Gasteiger charge is -2.17. The zero-order valence-electron chi connectivity index (χ0n) is 9.74. The van der Waals surface area contributed by atoms with E-state index in [0.29, 0.717) is 0 Å².